The molecule has 0 saturated carbocycles. The molecule has 0 radical (unpaired) electrons. The van der Waals surface area contributed by atoms with E-state index < -0.39 is 12.0 Å². The monoisotopic (exact) mass is 255 g/mol. The maximum atomic E-state index is 10.7. The standard InChI is InChI=1S/C12H14ClNO3/c13-9-3-1-2-8(4-9)7-17-10-5-11(12(15)16)14-6-10/h1-4,10-11,14H,5-7H2,(H,15,16)/t10-,11-/m0/s1. The Kier molecular flexibility index (Phi) is 3.99. The van der Waals surface area contributed by atoms with Crippen LogP contribution in [-0.2, 0) is 16.1 Å². The zero-order valence-electron chi connectivity index (χ0n) is 9.23. The number of rotatable bonds is 4. The van der Waals surface area contributed by atoms with Gasteiger partial charge < -0.3 is 15.2 Å². The van der Waals surface area contributed by atoms with E-state index in [-0.39, 0.29) is 6.10 Å². The highest BCUT2D eigenvalue weighted by molar-refractivity contribution is 6.30. The second kappa shape index (κ2) is 5.49. The van der Waals surface area contributed by atoms with Crippen LogP contribution in [0.2, 0.25) is 5.02 Å². The molecule has 4 nitrogen and oxygen atoms in total. The van der Waals surface area contributed by atoms with E-state index >= 15 is 0 Å². The van der Waals surface area contributed by atoms with Crippen molar-refractivity contribution in [3.05, 3.63) is 34.9 Å². The zero-order valence-corrected chi connectivity index (χ0v) is 9.98. The van der Waals surface area contributed by atoms with Crippen LogP contribution < -0.4 is 5.32 Å². The summed E-state index contributed by atoms with van der Waals surface area (Å²) in [4.78, 5) is 10.7. The van der Waals surface area contributed by atoms with Crippen molar-refractivity contribution in [3.63, 3.8) is 0 Å². The Morgan fingerprint density at radius 1 is 1.59 bits per heavy atom. The Labute approximate surface area is 105 Å². The van der Waals surface area contributed by atoms with Gasteiger partial charge in [-0.3, -0.25) is 4.79 Å². The second-order valence-electron chi connectivity index (χ2n) is 4.10. The van der Waals surface area contributed by atoms with Gasteiger partial charge in [-0.05, 0) is 17.7 Å². The van der Waals surface area contributed by atoms with Gasteiger partial charge >= 0.3 is 5.97 Å². The van der Waals surface area contributed by atoms with Crippen LogP contribution in [0, 0.1) is 0 Å². The third-order valence-electron chi connectivity index (χ3n) is 2.76. The third-order valence-corrected chi connectivity index (χ3v) is 3.00. The lowest BCUT2D eigenvalue weighted by Gasteiger charge is -2.10. The van der Waals surface area contributed by atoms with Crippen molar-refractivity contribution in [3.8, 4) is 0 Å². The van der Waals surface area contributed by atoms with Gasteiger partial charge in [0.2, 0.25) is 0 Å². The number of carboxylic acids is 1. The zero-order chi connectivity index (χ0) is 12.3. The molecule has 1 aliphatic heterocycles. The normalized spacial score (nSPS) is 23.8. The molecule has 0 unspecified atom stereocenters. The quantitative estimate of drug-likeness (QED) is 0.859. The van der Waals surface area contributed by atoms with E-state index in [1.165, 1.54) is 0 Å². The van der Waals surface area contributed by atoms with Crippen molar-refractivity contribution >= 4 is 17.6 Å². The predicted molar refractivity (Wildman–Crippen MR) is 64.1 cm³/mol. The molecule has 0 amide bonds. The number of aliphatic carboxylic acids is 1. The molecule has 1 saturated heterocycles. The van der Waals surface area contributed by atoms with E-state index in [9.17, 15) is 4.79 Å². The Bertz CT molecular complexity index is 410. The van der Waals surface area contributed by atoms with Gasteiger partial charge in [0.15, 0.2) is 0 Å². The lowest BCUT2D eigenvalue weighted by Crippen LogP contribution is -2.29. The van der Waals surface area contributed by atoms with Crippen LogP contribution in [0.5, 0.6) is 0 Å². The number of hydrogen-bond acceptors (Lipinski definition) is 3. The van der Waals surface area contributed by atoms with Crippen molar-refractivity contribution in [2.24, 2.45) is 0 Å². The molecule has 2 atom stereocenters. The maximum absolute atomic E-state index is 10.7. The lowest BCUT2D eigenvalue weighted by molar-refractivity contribution is -0.139. The fourth-order valence-electron chi connectivity index (χ4n) is 1.86. The fraction of sp³-hybridized carbons (Fsp3) is 0.417. The molecule has 1 fully saturated rings. The van der Waals surface area contributed by atoms with Gasteiger partial charge in [0.25, 0.3) is 0 Å². The average Bonchev–Trinajstić information content (AvgIpc) is 2.75. The van der Waals surface area contributed by atoms with Crippen molar-refractivity contribution in [2.45, 2.75) is 25.2 Å². The number of nitrogens with one attached hydrogen (secondary N) is 1. The van der Waals surface area contributed by atoms with Gasteiger partial charge in [-0.2, -0.15) is 0 Å². The molecule has 5 heteroatoms. The number of hydrogen-bond donors (Lipinski definition) is 2. The highest BCUT2D eigenvalue weighted by atomic mass is 35.5. The molecular formula is C12H14ClNO3. The van der Waals surface area contributed by atoms with Gasteiger partial charge in [-0.15, -0.1) is 0 Å². The number of carboxylic acid groups (broad SMARTS) is 1. The molecule has 2 N–H and O–H groups in total. The highest BCUT2D eigenvalue weighted by Crippen LogP contribution is 2.15. The molecule has 1 aromatic carbocycles. The highest BCUT2D eigenvalue weighted by Gasteiger charge is 2.29. The molecule has 17 heavy (non-hydrogen) atoms. The largest absolute Gasteiger partial charge is 0.480 e. The van der Waals surface area contributed by atoms with Crippen LogP contribution >= 0.6 is 11.6 Å². The molecule has 0 bridgehead atoms. The molecule has 0 aliphatic carbocycles. The van der Waals surface area contributed by atoms with Crippen LogP contribution in [-0.4, -0.2) is 29.8 Å². The van der Waals surface area contributed by atoms with E-state index in [1.807, 2.05) is 24.3 Å². The molecule has 0 spiro atoms. The minimum absolute atomic E-state index is 0.0462. The summed E-state index contributed by atoms with van der Waals surface area (Å²) in [7, 11) is 0. The number of halogens is 1. The summed E-state index contributed by atoms with van der Waals surface area (Å²) in [6.45, 7) is 1.04. The van der Waals surface area contributed by atoms with Gasteiger partial charge in [0.1, 0.15) is 6.04 Å². The van der Waals surface area contributed by atoms with E-state index in [0.717, 1.165) is 5.56 Å². The first-order chi connectivity index (χ1) is 8.15. The second-order valence-corrected chi connectivity index (χ2v) is 4.53. The topological polar surface area (TPSA) is 58.6 Å². The Morgan fingerprint density at radius 2 is 2.41 bits per heavy atom. The first kappa shape index (κ1) is 12.4. The van der Waals surface area contributed by atoms with Crippen LogP contribution in [0.4, 0.5) is 0 Å². The summed E-state index contributed by atoms with van der Waals surface area (Å²) in [5.74, 6) is -0.821. The van der Waals surface area contributed by atoms with Gasteiger partial charge in [-0.1, -0.05) is 23.7 Å². The number of benzene rings is 1. The number of carbonyl (C=O) groups is 1. The molecule has 1 heterocycles. The van der Waals surface area contributed by atoms with Crippen LogP contribution in [0.3, 0.4) is 0 Å². The number of ether oxygens (including phenoxy) is 1. The minimum atomic E-state index is -0.821. The SMILES string of the molecule is O=C(O)[C@@H]1C[C@H](OCc2cccc(Cl)c2)CN1. The summed E-state index contributed by atoms with van der Waals surface area (Å²) < 4.78 is 5.64. The first-order valence-electron chi connectivity index (χ1n) is 5.47. The van der Waals surface area contributed by atoms with E-state index in [0.29, 0.717) is 24.6 Å². The molecule has 92 valence electrons. The maximum Gasteiger partial charge on any atom is 0.320 e. The van der Waals surface area contributed by atoms with Gasteiger partial charge in [0.05, 0.1) is 12.7 Å². The summed E-state index contributed by atoms with van der Waals surface area (Å²) in [6, 6.07) is 6.97. The molecule has 1 aromatic rings. The summed E-state index contributed by atoms with van der Waals surface area (Å²) in [6.07, 6.45) is 0.464. The lowest BCUT2D eigenvalue weighted by atomic mass is 10.2. The average molecular weight is 256 g/mol. The van der Waals surface area contributed by atoms with E-state index in [2.05, 4.69) is 5.32 Å². The summed E-state index contributed by atoms with van der Waals surface area (Å²) in [5, 5.41) is 12.4. The minimum Gasteiger partial charge on any atom is -0.480 e. The third kappa shape index (κ3) is 3.43. The Balaban J connectivity index is 1.82. The molecule has 1 aliphatic rings. The molecule has 2 rings (SSSR count). The van der Waals surface area contributed by atoms with Gasteiger partial charge in [0, 0.05) is 18.0 Å². The van der Waals surface area contributed by atoms with Crippen molar-refractivity contribution in [1.29, 1.82) is 0 Å². The van der Waals surface area contributed by atoms with Crippen molar-refractivity contribution < 1.29 is 14.6 Å². The van der Waals surface area contributed by atoms with Gasteiger partial charge in [-0.25, -0.2) is 0 Å². The smallest absolute Gasteiger partial charge is 0.320 e. The van der Waals surface area contributed by atoms with Crippen LogP contribution in [0.15, 0.2) is 24.3 Å². The van der Waals surface area contributed by atoms with Crippen LogP contribution in [0.1, 0.15) is 12.0 Å². The van der Waals surface area contributed by atoms with Crippen LogP contribution in [0.25, 0.3) is 0 Å². The first-order valence-corrected chi connectivity index (χ1v) is 5.85. The predicted octanol–water partition coefficient (Wildman–Crippen LogP) is 1.67. The Hall–Kier alpha value is -1.10. The molecular weight excluding hydrogens is 242 g/mol. The van der Waals surface area contributed by atoms with Crippen molar-refractivity contribution in [2.75, 3.05) is 6.54 Å². The van der Waals surface area contributed by atoms with Crippen molar-refractivity contribution in [1.82, 2.24) is 5.32 Å². The van der Waals surface area contributed by atoms with E-state index in [4.69, 9.17) is 21.4 Å². The molecule has 0 aromatic heterocycles. The summed E-state index contributed by atoms with van der Waals surface area (Å²) in [5.41, 5.74) is 0.997. The Morgan fingerprint density at radius 3 is 3.06 bits per heavy atom. The summed E-state index contributed by atoms with van der Waals surface area (Å²) >= 11 is 5.86. The fourth-order valence-corrected chi connectivity index (χ4v) is 2.07. The van der Waals surface area contributed by atoms with E-state index in [1.54, 1.807) is 0 Å².